The van der Waals surface area contributed by atoms with Gasteiger partial charge in [0.1, 0.15) is 0 Å². The molecule has 1 heteroatoms. The summed E-state index contributed by atoms with van der Waals surface area (Å²) in [6, 6.07) is 0. The molecule has 2 aliphatic rings. The van der Waals surface area contributed by atoms with Crippen LogP contribution in [0.4, 0.5) is 0 Å². The van der Waals surface area contributed by atoms with Gasteiger partial charge in [0.15, 0.2) is 0 Å². The van der Waals surface area contributed by atoms with Gasteiger partial charge in [0.2, 0.25) is 0 Å². The van der Waals surface area contributed by atoms with E-state index < -0.39 is 17.3 Å². The van der Waals surface area contributed by atoms with Crippen molar-refractivity contribution in [2.24, 2.45) is 5.92 Å². The zero-order chi connectivity index (χ0) is 7.19. The average molecular weight is 316 g/mol. The first-order valence-electron chi connectivity index (χ1n) is 3.46. The van der Waals surface area contributed by atoms with E-state index in [0.717, 1.165) is 5.92 Å². The minimum atomic E-state index is -0.659. The summed E-state index contributed by atoms with van der Waals surface area (Å²) in [7, 11) is 0. The van der Waals surface area contributed by atoms with Crippen LogP contribution in [0.25, 0.3) is 0 Å². The van der Waals surface area contributed by atoms with E-state index in [4.69, 9.17) is 0 Å². The molecule has 0 aliphatic heterocycles. The molecule has 0 aromatic carbocycles. The van der Waals surface area contributed by atoms with Gasteiger partial charge in [0, 0.05) is 0 Å². The van der Waals surface area contributed by atoms with Crippen molar-refractivity contribution in [3.05, 3.63) is 24.3 Å². The van der Waals surface area contributed by atoms with E-state index in [-0.39, 0.29) is 0 Å². The van der Waals surface area contributed by atoms with Crippen LogP contribution >= 0.6 is 0 Å². The summed E-state index contributed by atoms with van der Waals surface area (Å²) in [6.07, 6.45) is 11.1. The molecule has 2 aliphatic carbocycles. The van der Waals surface area contributed by atoms with Crippen LogP contribution in [0, 0.1) is 5.92 Å². The van der Waals surface area contributed by atoms with Crippen molar-refractivity contribution in [1.82, 2.24) is 0 Å². The van der Waals surface area contributed by atoms with Gasteiger partial charge in [-0.15, -0.1) is 0 Å². The van der Waals surface area contributed by atoms with E-state index in [9.17, 15) is 0 Å². The van der Waals surface area contributed by atoms with Gasteiger partial charge in [-0.05, 0) is 0 Å². The number of hydrogen-bond donors (Lipinski definition) is 0. The maximum absolute atomic E-state index is 2.47. The molecule has 0 fully saturated rings. The zero-order valence-corrected chi connectivity index (χ0v) is 8.68. The van der Waals surface area contributed by atoms with Crippen LogP contribution in [0.15, 0.2) is 24.3 Å². The molecular weight excluding hydrogens is 303 g/mol. The van der Waals surface area contributed by atoms with Crippen LogP contribution in [-0.4, -0.2) is 0 Å². The molecule has 0 radical (unpaired) electrons. The van der Waals surface area contributed by atoms with Crippen molar-refractivity contribution in [3.8, 4) is 0 Å². The average Bonchev–Trinajstić information content (AvgIpc) is 2.45. The molecule has 0 saturated carbocycles. The molecule has 0 aromatic heterocycles. The standard InChI is InChI=1S/C7H7.2CH3.Pt/c1-2-7-4-3-6(1)5-7;;;/h1-4,6H,5H2;2*1H3;. The first-order valence-corrected chi connectivity index (χ1v) is 9.14. The van der Waals surface area contributed by atoms with Gasteiger partial charge in [-0.2, -0.15) is 0 Å². The summed E-state index contributed by atoms with van der Waals surface area (Å²) < 4.78 is 0.606. The van der Waals surface area contributed by atoms with Gasteiger partial charge >= 0.3 is 68.4 Å². The number of fused-ring (bicyclic) bond motifs is 2. The molecule has 0 amide bonds. The van der Waals surface area contributed by atoms with Gasteiger partial charge in [-0.1, -0.05) is 0 Å². The van der Waals surface area contributed by atoms with Crippen molar-refractivity contribution < 1.29 is 17.3 Å². The van der Waals surface area contributed by atoms with Crippen molar-refractivity contribution >= 4 is 0 Å². The SMILES string of the molecule is [CH3][Pt]([CH3])[C]12C=CC(C=C1)C2. The van der Waals surface area contributed by atoms with Gasteiger partial charge in [0.25, 0.3) is 0 Å². The molecule has 10 heavy (non-hydrogen) atoms. The summed E-state index contributed by atoms with van der Waals surface area (Å²) in [5.41, 5.74) is 0. The van der Waals surface area contributed by atoms with Crippen LogP contribution in [0.1, 0.15) is 6.42 Å². The Labute approximate surface area is 68.6 Å². The third kappa shape index (κ3) is 0.782. The minimum absolute atomic E-state index is 0.606. The van der Waals surface area contributed by atoms with Crippen molar-refractivity contribution in [2.45, 2.75) is 20.9 Å². The summed E-state index contributed by atoms with van der Waals surface area (Å²) in [5.74, 6) is 0.805. The Bertz CT molecular complexity index is 187. The molecule has 0 aromatic rings. The number of rotatable bonds is 1. The topological polar surface area (TPSA) is 0 Å². The molecule has 0 atom stereocenters. The van der Waals surface area contributed by atoms with Crippen molar-refractivity contribution in [1.29, 1.82) is 0 Å². The Kier molecular flexibility index (Phi) is 1.42. The molecule has 59 valence electrons. The molecule has 2 rings (SSSR count). The Morgan fingerprint density at radius 2 is 1.90 bits per heavy atom. The summed E-state index contributed by atoms with van der Waals surface area (Å²) >= 11 is -0.659. The fraction of sp³-hybridized carbons (Fsp3) is 0.556. The van der Waals surface area contributed by atoms with Gasteiger partial charge in [-0.3, -0.25) is 0 Å². The van der Waals surface area contributed by atoms with E-state index in [1.807, 2.05) is 0 Å². The summed E-state index contributed by atoms with van der Waals surface area (Å²) in [4.78, 5) is 0. The van der Waals surface area contributed by atoms with Gasteiger partial charge < -0.3 is 0 Å². The molecule has 0 N–H and O–H groups in total. The van der Waals surface area contributed by atoms with E-state index in [1.54, 1.807) is 0 Å². The second kappa shape index (κ2) is 2.08. The third-order valence-electron chi connectivity index (χ3n) is 2.35. The van der Waals surface area contributed by atoms with Crippen molar-refractivity contribution in [2.75, 3.05) is 0 Å². The van der Waals surface area contributed by atoms with Crippen LogP contribution < -0.4 is 0 Å². The Morgan fingerprint density at radius 1 is 1.30 bits per heavy atom. The van der Waals surface area contributed by atoms with Crippen molar-refractivity contribution in [3.63, 3.8) is 0 Å². The Balaban J connectivity index is 2.31. The van der Waals surface area contributed by atoms with Crippen LogP contribution in [0.5, 0.6) is 0 Å². The molecule has 0 heterocycles. The van der Waals surface area contributed by atoms with Crippen LogP contribution in [0.2, 0.25) is 14.4 Å². The molecule has 0 unspecified atom stereocenters. The fourth-order valence-electron chi connectivity index (χ4n) is 1.63. The normalized spacial score (nSPS) is 43.0. The monoisotopic (exact) mass is 316 g/mol. The van der Waals surface area contributed by atoms with Crippen LogP contribution in [0.3, 0.4) is 0 Å². The predicted molar refractivity (Wildman–Crippen MR) is 40.8 cm³/mol. The second-order valence-corrected chi connectivity index (χ2v) is 9.75. The molecule has 0 spiro atoms. The van der Waals surface area contributed by atoms with Gasteiger partial charge in [-0.25, -0.2) is 0 Å². The van der Waals surface area contributed by atoms with E-state index in [0.29, 0.717) is 3.80 Å². The number of allylic oxidation sites excluding steroid dienone is 4. The summed E-state index contributed by atoms with van der Waals surface area (Å²) in [5, 5.41) is 4.93. The quantitative estimate of drug-likeness (QED) is 0.653. The number of hydrogen-bond acceptors (Lipinski definition) is 0. The fourth-order valence-corrected chi connectivity index (χ4v) is 5.05. The first-order chi connectivity index (χ1) is 4.73. The second-order valence-electron chi connectivity index (χ2n) is 3.09. The third-order valence-corrected chi connectivity index (χ3v) is 7.80. The maximum atomic E-state index is 2.47. The molecule has 0 saturated heterocycles. The van der Waals surface area contributed by atoms with E-state index >= 15 is 0 Å². The summed E-state index contributed by atoms with van der Waals surface area (Å²) in [6.45, 7) is 0. The zero-order valence-electron chi connectivity index (χ0n) is 6.41. The van der Waals surface area contributed by atoms with Gasteiger partial charge in [0.05, 0.1) is 0 Å². The molecule has 0 nitrogen and oxygen atoms in total. The predicted octanol–water partition coefficient (Wildman–Crippen LogP) is 3.01. The van der Waals surface area contributed by atoms with Crippen LogP contribution in [-0.2, 0) is 17.3 Å². The molecular formula is C9H13Pt. The first kappa shape index (κ1) is 6.85. The Morgan fingerprint density at radius 3 is 2.10 bits per heavy atom. The molecule has 2 bridgehead atoms. The Hall–Kier alpha value is 0.168. The van der Waals surface area contributed by atoms with E-state index in [1.165, 1.54) is 6.42 Å². The van der Waals surface area contributed by atoms with E-state index in [2.05, 4.69) is 34.9 Å².